The second-order valence-corrected chi connectivity index (χ2v) is 10.1. The normalized spacial score (nSPS) is 11.7. The van der Waals surface area contributed by atoms with Crippen molar-refractivity contribution < 1.29 is 0 Å². The Kier molecular flexibility index (Phi) is 4.70. The van der Waals surface area contributed by atoms with Crippen LogP contribution in [-0.4, -0.2) is 19.1 Å². The van der Waals surface area contributed by atoms with Gasteiger partial charge in [-0.1, -0.05) is 60.7 Å². The number of hydrogen-bond acceptors (Lipinski definition) is 2. The predicted octanol–water partition coefficient (Wildman–Crippen LogP) is 8.65. The molecule has 0 saturated heterocycles. The molecule has 0 amide bonds. The number of benzene rings is 5. The summed E-state index contributed by atoms with van der Waals surface area (Å²) < 4.78 is 4.78. The molecule has 3 aromatic heterocycles. The van der Waals surface area contributed by atoms with Crippen LogP contribution in [0.4, 0.5) is 0 Å². The lowest BCUT2D eigenvalue weighted by Gasteiger charge is -2.13. The molecular formula is C35H24N4. The van der Waals surface area contributed by atoms with Gasteiger partial charge in [-0.05, 0) is 66.6 Å². The standard InChI is InChI=1S/C35H24N4/c1-23-18-24(25-20-36-22-37-21-25)14-16-31(23)39-34-13-7-4-10-29(34)30-19-26(15-17-35(30)39)38-32-11-5-2-8-27(32)28-9-3-6-12-33(28)38/h2-22H,1H3. The Hall–Kier alpha value is -5.22. The minimum atomic E-state index is 1.02. The molecule has 4 heteroatoms. The van der Waals surface area contributed by atoms with E-state index in [0.29, 0.717) is 0 Å². The van der Waals surface area contributed by atoms with Crippen LogP contribution in [0.25, 0.3) is 66.1 Å². The van der Waals surface area contributed by atoms with E-state index in [9.17, 15) is 0 Å². The topological polar surface area (TPSA) is 35.6 Å². The molecule has 0 aliphatic rings. The summed E-state index contributed by atoms with van der Waals surface area (Å²) in [6.07, 6.45) is 5.28. The van der Waals surface area contributed by atoms with E-state index in [1.165, 1.54) is 60.5 Å². The Morgan fingerprint density at radius 1 is 0.487 bits per heavy atom. The Morgan fingerprint density at radius 2 is 1.05 bits per heavy atom. The van der Waals surface area contributed by atoms with Crippen LogP contribution in [-0.2, 0) is 0 Å². The van der Waals surface area contributed by atoms with Gasteiger partial charge < -0.3 is 9.13 Å². The van der Waals surface area contributed by atoms with Crippen LogP contribution in [0.1, 0.15) is 5.56 Å². The highest BCUT2D eigenvalue weighted by atomic mass is 15.0. The van der Waals surface area contributed by atoms with Gasteiger partial charge >= 0.3 is 0 Å². The summed E-state index contributed by atoms with van der Waals surface area (Å²) in [5.41, 5.74) is 10.5. The summed E-state index contributed by atoms with van der Waals surface area (Å²) in [7, 11) is 0. The van der Waals surface area contributed by atoms with Crippen molar-refractivity contribution in [3.05, 3.63) is 133 Å². The van der Waals surface area contributed by atoms with Gasteiger partial charge in [0, 0.05) is 50.9 Å². The highest BCUT2D eigenvalue weighted by Gasteiger charge is 2.17. The second kappa shape index (κ2) is 8.40. The molecule has 0 bridgehead atoms. The Morgan fingerprint density at radius 3 is 1.69 bits per heavy atom. The smallest absolute Gasteiger partial charge is 0.115 e. The molecule has 8 rings (SSSR count). The molecule has 0 unspecified atom stereocenters. The van der Waals surface area contributed by atoms with E-state index in [1.807, 2.05) is 12.4 Å². The minimum Gasteiger partial charge on any atom is -0.309 e. The highest BCUT2D eigenvalue weighted by molar-refractivity contribution is 6.12. The predicted molar refractivity (Wildman–Crippen MR) is 161 cm³/mol. The molecule has 4 nitrogen and oxygen atoms in total. The van der Waals surface area contributed by atoms with Crippen molar-refractivity contribution in [2.75, 3.05) is 0 Å². The number of para-hydroxylation sites is 3. The zero-order valence-electron chi connectivity index (χ0n) is 21.4. The van der Waals surface area contributed by atoms with Crippen molar-refractivity contribution in [1.82, 2.24) is 19.1 Å². The Balaban J connectivity index is 1.38. The molecule has 0 atom stereocenters. The maximum absolute atomic E-state index is 4.19. The zero-order chi connectivity index (χ0) is 25.9. The van der Waals surface area contributed by atoms with E-state index >= 15 is 0 Å². The summed E-state index contributed by atoms with van der Waals surface area (Å²) in [5, 5.41) is 5.03. The monoisotopic (exact) mass is 500 g/mol. The van der Waals surface area contributed by atoms with Crippen molar-refractivity contribution in [2.45, 2.75) is 6.92 Å². The molecular weight excluding hydrogens is 476 g/mol. The van der Waals surface area contributed by atoms with E-state index in [1.54, 1.807) is 6.33 Å². The molecule has 3 heterocycles. The molecule has 0 spiro atoms. The third kappa shape index (κ3) is 3.25. The summed E-state index contributed by atoms with van der Waals surface area (Å²) in [4.78, 5) is 8.39. The van der Waals surface area contributed by atoms with Gasteiger partial charge in [0.1, 0.15) is 6.33 Å². The van der Waals surface area contributed by atoms with E-state index in [0.717, 1.165) is 11.1 Å². The van der Waals surface area contributed by atoms with Crippen LogP contribution >= 0.6 is 0 Å². The SMILES string of the molecule is Cc1cc(-c2cncnc2)ccc1-n1c2ccccc2c2cc(-n3c4ccccc4c4ccccc43)ccc21. The zero-order valence-corrected chi connectivity index (χ0v) is 21.4. The largest absolute Gasteiger partial charge is 0.309 e. The van der Waals surface area contributed by atoms with Crippen LogP contribution in [0.3, 0.4) is 0 Å². The third-order valence-electron chi connectivity index (χ3n) is 7.83. The lowest BCUT2D eigenvalue weighted by molar-refractivity contribution is 1.14. The number of nitrogens with zero attached hydrogens (tertiary/aromatic N) is 4. The number of rotatable bonds is 3. The molecule has 0 radical (unpaired) electrons. The number of aromatic nitrogens is 4. The number of aryl methyl sites for hydroxylation is 1. The van der Waals surface area contributed by atoms with Crippen LogP contribution < -0.4 is 0 Å². The van der Waals surface area contributed by atoms with Gasteiger partial charge in [0.15, 0.2) is 0 Å². The molecule has 0 aliphatic heterocycles. The molecule has 0 saturated carbocycles. The van der Waals surface area contributed by atoms with E-state index < -0.39 is 0 Å². The van der Waals surface area contributed by atoms with Crippen molar-refractivity contribution in [3.8, 4) is 22.5 Å². The lowest BCUT2D eigenvalue weighted by atomic mass is 10.0. The van der Waals surface area contributed by atoms with Crippen molar-refractivity contribution in [2.24, 2.45) is 0 Å². The molecule has 39 heavy (non-hydrogen) atoms. The molecule has 5 aromatic carbocycles. The Labute approximate surface area is 225 Å². The maximum atomic E-state index is 4.19. The van der Waals surface area contributed by atoms with Gasteiger partial charge in [-0.3, -0.25) is 0 Å². The summed E-state index contributed by atoms with van der Waals surface area (Å²) in [6, 6.07) is 39.5. The van der Waals surface area contributed by atoms with Gasteiger partial charge in [0.25, 0.3) is 0 Å². The van der Waals surface area contributed by atoms with Crippen LogP contribution in [0.5, 0.6) is 0 Å². The first-order valence-electron chi connectivity index (χ1n) is 13.2. The quantitative estimate of drug-likeness (QED) is 0.243. The van der Waals surface area contributed by atoms with Crippen LogP contribution in [0.2, 0.25) is 0 Å². The number of fused-ring (bicyclic) bond motifs is 6. The van der Waals surface area contributed by atoms with Crippen molar-refractivity contribution >= 4 is 43.6 Å². The molecule has 184 valence electrons. The average Bonchev–Trinajstić information content (AvgIpc) is 3.50. The van der Waals surface area contributed by atoms with E-state index in [4.69, 9.17) is 0 Å². The van der Waals surface area contributed by atoms with E-state index in [2.05, 4.69) is 135 Å². The minimum absolute atomic E-state index is 1.02. The summed E-state index contributed by atoms with van der Waals surface area (Å²) in [6.45, 7) is 2.18. The van der Waals surface area contributed by atoms with Crippen molar-refractivity contribution in [3.63, 3.8) is 0 Å². The second-order valence-electron chi connectivity index (χ2n) is 10.1. The third-order valence-corrected chi connectivity index (χ3v) is 7.83. The highest BCUT2D eigenvalue weighted by Crippen LogP contribution is 2.37. The van der Waals surface area contributed by atoms with Gasteiger partial charge in [0.2, 0.25) is 0 Å². The summed E-state index contributed by atoms with van der Waals surface area (Å²) >= 11 is 0. The first-order chi connectivity index (χ1) is 19.3. The van der Waals surface area contributed by atoms with Crippen LogP contribution in [0.15, 0.2) is 128 Å². The first-order valence-corrected chi connectivity index (χ1v) is 13.2. The lowest BCUT2D eigenvalue weighted by Crippen LogP contribution is -1.98. The summed E-state index contributed by atoms with van der Waals surface area (Å²) in [5.74, 6) is 0. The van der Waals surface area contributed by atoms with Gasteiger partial charge in [-0.15, -0.1) is 0 Å². The van der Waals surface area contributed by atoms with E-state index in [-0.39, 0.29) is 0 Å². The fraction of sp³-hybridized carbons (Fsp3) is 0.0286. The molecule has 8 aromatic rings. The molecule has 0 aliphatic carbocycles. The van der Waals surface area contributed by atoms with Gasteiger partial charge in [0.05, 0.1) is 22.1 Å². The van der Waals surface area contributed by atoms with Gasteiger partial charge in [-0.2, -0.15) is 0 Å². The van der Waals surface area contributed by atoms with Crippen LogP contribution in [0, 0.1) is 6.92 Å². The maximum Gasteiger partial charge on any atom is 0.115 e. The number of hydrogen-bond donors (Lipinski definition) is 0. The van der Waals surface area contributed by atoms with Crippen molar-refractivity contribution in [1.29, 1.82) is 0 Å². The average molecular weight is 501 g/mol. The first kappa shape index (κ1) is 21.8. The fourth-order valence-electron chi connectivity index (χ4n) is 6.09. The molecule has 0 fully saturated rings. The fourth-order valence-corrected chi connectivity index (χ4v) is 6.09. The Bertz CT molecular complexity index is 2130. The molecule has 0 N–H and O–H groups in total. The van der Waals surface area contributed by atoms with Gasteiger partial charge in [-0.25, -0.2) is 9.97 Å².